The van der Waals surface area contributed by atoms with Crippen LogP contribution in [-0.2, 0) is 47.9 Å². The maximum Gasteiger partial charge on any atom is 0.247 e. The zero-order chi connectivity index (χ0) is 60.8. The van der Waals surface area contributed by atoms with Crippen LogP contribution in [0.15, 0.2) is 91.0 Å². The fourth-order valence-corrected chi connectivity index (χ4v) is 12.1. The molecule has 4 aliphatic rings. The first kappa shape index (κ1) is 65.3. The Hall–Kier alpha value is -7.27. The van der Waals surface area contributed by atoms with Crippen LogP contribution in [0.3, 0.4) is 0 Å². The summed E-state index contributed by atoms with van der Waals surface area (Å²) in [6, 6.07) is 21.6. The number of unbranched alkanes of at least 4 members (excludes halogenated alkanes) is 5. The molecule has 0 spiro atoms. The van der Waals surface area contributed by atoms with Gasteiger partial charge >= 0.3 is 0 Å². The zero-order valence-corrected chi connectivity index (χ0v) is 49.7. The van der Waals surface area contributed by atoms with Crippen LogP contribution in [0.25, 0.3) is 0 Å². The van der Waals surface area contributed by atoms with E-state index in [4.69, 9.17) is 4.74 Å². The van der Waals surface area contributed by atoms with Gasteiger partial charge < -0.3 is 67.5 Å². The number of nitrogens with zero attached hydrogens (tertiary/aromatic N) is 2. The molecule has 0 aliphatic carbocycles. The van der Waals surface area contributed by atoms with Gasteiger partial charge in [-0.2, -0.15) is 0 Å². The summed E-state index contributed by atoms with van der Waals surface area (Å²) in [5.41, 5.74) is 2.40. The lowest BCUT2D eigenvalue weighted by atomic mass is 9.92. The van der Waals surface area contributed by atoms with Crippen molar-refractivity contribution >= 4 is 53.2 Å². The van der Waals surface area contributed by atoms with E-state index >= 15 is 0 Å². The van der Waals surface area contributed by atoms with E-state index in [9.17, 15) is 48.3 Å². The van der Waals surface area contributed by atoms with Crippen molar-refractivity contribution in [1.82, 2.24) is 57.7 Å². The number of ether oxygens (including phenoxy) is 1. The normalized spacial score (nSPS) is 23.0. The minimum Gasteiger partial charge on any atom is -0.396 e. The number of hydrogen-bond donors (Lipinski definition) is 10. The number of benzene rings is 3. The summed E-state index contributed by atoms with van der Waals surface area (Å²) in [5.74, 6) is -4.48. The summed E-state index contributed by atoms with van der Waals surface area (Å²) in [4.78, 5) is 126. The first-order valence-corrected chi connectivity index (χ1v) is 30.5. The van der Waals surface area contributed by atoms with E-state index in [0.29, 0.717) is 76.4 Å². The van der Waals surface area contributed by atoms with Gasteiger partial charge in [-0.3, -0.25) is 43.2 Å². The van der Waals surface area contributed by atoms with E-state index in [1.165, 1.54) is 0 Å². The second-order valence-corrected chi connectivity index (χ2v) is 23.0. The molecule has 0 saturated carbocycles. The number of aliphatic hydroxyl groups is 1. The molecular weight excluding hydrogens is 1090 g/mol. The number of nitrogens with one attached hydrogen (secondary N) is 9. The highest BCUT2D eigenvalue weighted by Crippen LogP contribution is 2.36. The van der Waals surface area contributed by atoms with Gasteiger partial charge in [0.15, 0.2) is 0 Å². The largest absolute Gasteiger partial charge is 0.396 e. The molecule has 9 amide bonds. The van der Waals surface area contributed by atoms with Gasteiger partial charge in [-0.1, -0.05) is 117 Å². The molecule has 22 heteroatoms. The fraction of sp³-hybridized carbons (Fsp3) is 0.571. The Morgan fingerprint density at radius 2 is 0.941 bits per heavy atom. The molecule has 0 bridgehead atoms. The van der Waals surface area contributed by atoms with Crippen LogP contribution < -0.4 is 47.9 Å². The Labute approximate surface area is 499 Å². The van der Waals surface area contributed by atoms with Crippen LogP contribution in [0, 0.1) is 11.8 Å². The highest BCUT2D eigenvalue weighted by molar-refractivity contribution is 5.97. The molecule has 462 valence electrons. The van der Waals surface area contributed by atoms with Crippen molar-refractivity contribution < 1.29 is 53.0 Å². The van der Waals surface area contributed by atoms with Gasteiger partial charge in [-0.25, -0.2) is 0 Å². The van der Waals surface area contributed by atoms with Crippen molar-refractivity contribution in [3.63, 3.8) is 0 Å². The number of carbonyl (C=O) groups excluding carboxylic acids is 9. The predicted molar refractivity (Wildman–Crippen MR) is 318 cm³/mol. The first-order chi connectivity index (χ1) is 41.1. The third kappa shape index (κ3) is 17.9. The van der Waals surface area contributed by atoms with Gasteiger partial charge in [0.25, 0.3) is 0 Å². The molecule has 85 heavy (non-hydrogen) atoms. The summed E-state index contributed by atoms with van der Waals surface area (Å²) in [7, 11) is 3.29. The second-order valence-electron chi connectivity index (χ2n) is 23.0. The number of hydrogen-bond acceptors (Lipinski definition) is 13. The Morgan fingerprint density at radius 3 is 1.44 bits per heavy atom. The van der Waals surface area contributed by atoms with Crippen molar-refractivity contribution in [1.29, 1.82) is 0 Å². The Kier molecular flexibility index (Phi) is 25.2. The Bertz CT molecular complexity index is 2670. The zero-order valence-electron chi connectivity index (χ0n) is 49.7. The monoisotopic (exact) mass is 1180 g/mol. The van der Waals surface area contributed by atoms with Crippen LogP contribution in [-0.4, -0.2) is 170 Å². The molecule has 3 aromatic rings. The SMILES string of the molecule is CN[C@@H](C)C(=O)NC1C(=O)N2[C@@H](CC[C@@H]1CO)CC[C@H]2C(=O)N[C@H](C(=O)NCCCCCCCCNC(=O)COCC(=O)NC[C@H]1CC[C@H]2CC[C@@H](C(=O)NC(c3ccccc3)c3ccccc3)N2C(=O)[C@H]1NC(=O)[C@H](C)NC)c1ccccc1. The average Bonchev–Trinajstić information content (AvgIpc) is 2.28. The summed E-state index contributed by atoms with van der Waals surface area (Å²) in [6.07, 6.45) is 9.19. The molecule has 10 N–H and O–H groups in total. The molecule has 1 unspecified atom stereocenters. The number of aliphatic hydroxyl groups excluding tert-OH is 1. The smallest absolute Gasteiger partial charge is 0.247 e. The molecule has 4 fully saturated rings. The van der Waals surface area contributed by atoms with E-state index in [2.05, 4.69) is 47.9 Å². The molecule has 3 aromatic carbocycles. The summed E-state index contributed by atoms with van der Waals surface area (Å²) < 4.78 is 5.46. The van der Waals surface area contributed by atoms with E-state index in [1.807, 2.05) is 66.7 Å². The topological polar surface area (TPSA) is 298 Å². The maximum atomic E-state index is 14.6. The minimum absolute atomic E-state index is 0.0614. The lowest BCUT2D eigenvalue weighted by Crippen LogP contribution is -2.59. The lowest BCUT2D eigenvalue weighted by Gasteiger charge is -2.33. The molecule has 4 aliphatic heterocycles. The molecule has 4 saturated heterocycles. The highest BCUT2D eigenvalue weighted by Gasteiger charge is 2.50. The lowest BCUT2D eigenvalue weighted by molar-refractivity contribution is -0.144. The molecule has 22 nitrogen and oxygen atoms in total. The van der Waals surface area contributed by atoms with Crippen molar-refractivity contribution in [2.24, 2.45) is 11.8 Å². The van der Waals surface area contributed by atoms with E-state index in [-0.39, 0.29) is 73.9 Å². The minimum atomic E-state index is -1.01. The quantitative estimate of drug-likeness (QED) is 0.0429. The van der Waals surface area contributed by atoms with Gasteiger partial charge in [0.2, 0.25) is 53.2 Å². The van der Waals surface area contributed by atoms with Gasteiger partial charge in [-0.05, 0) is 109 Å². The summed E-state index contributed by atoms with van der Waals surface area (Å²) in [6.45, 7) is 3.23. The van der Waals surface area contributed by atoms with Gasteiger partial charge in [0, 0.05) is 50.2 Å². The molecule has 0 radical (unpaired) electrons. The standard InChI is InChI=1S/C63H89N11O11/c1-40(64-3)57(78)71-55-45(26-28-47-30-32-49(73(47)62(55)83)59(80)69-53(42-20-12-9-13-21-42)43-22-14-10-15-23-43)36-68-52(77)39-85-38-51(76)66-34-18-7-5-6-8-19-35-67-61(82)54(44-24-16-11-17-25-44)70-60(81)50-33-31-48-29-27-46(37-75)56(63(84)74(48)50)72-58(79)41(2)65-4/h9-17,20-25,40-41,45-50,53-56,64-65,75H,5-8,18-19,26-39H2,1-4H3,(H,66,76)(H,67,82)(H,68,77)(H,69,80)(H,70,81)(H,71,78)(H,72,79)/t40-,41-,45+,46+,47-,48-,49-,50-,54-,55-,56?/m0/s1. The van der Waals surface area contributed by atoms with E-state index < -0.39 is 77.9 Å². The van der Waals surface area contributed by atoms with E-state index in [1.54, 1.807) is 62.0 Å². The van der Waals surface area contributed by atoms with Crippen molar-refractivity contribution in [2.75, 3.05) is 53.6 Å². The number of fused-ring (bicyclic) bond motifs is 2. The van der Waals surface area contributed by atoms with Crippen LogP contribution >= 0.6 is 0 Å². The number of rotatable bonds is 30. The van der Waals surface area contributed by atoms with Crippen molar-refractivity contribution in [3.05, 3.63) is 108 Å². The summed E-state index contributed by atoms with van der Waals surface area (Å²) >= 11 is 0. The number of amides is 9. The van der Waals surface area contributed by atoms with Crippen LogP contribution in [0.5, 0.6) is 0 Å². The van der Waals surface area contributed by atoms with Crippen LogP contribution in [0.1, 0.15) is 133 Å². The van der Waals surface area contributed by atoms with Crippen LogP contribution in [0.2, 0.25) is 0 Å². The average molecular weight is 1180 g/mol. The van der Waals surface area contributed by atoms with Gasteiger partial charge in [0.1, 0.15) is 43.4 Å². The molecule has 0 aromatic heterocycles. The second kappa shape index (κ2) is 32.9. The third-order valence-electron chi connectivity index (χ3n) is 17.3. The third-order valence-corrected chi connectivity index (χ3v) is 17.3. The van der Waals surface area contributed by atoms with Gasteiger partial charge in [0.05, 0.1) is 18.1 Å². The van der Waals surface area contributed by atoms with Crippen molar-refractivity contribution in [2.45, 2.75) is 164 Å². The molecular formula is C63H89N11O11. The number of likely N-dealkylation sites (N-methyl/N-ethyl adjacent to an activating group) is 2. The molecule has 4 heterocycles. The maximum absolute atomic E-state index is 14.6. The molecule has 11 atom stereocenters. The molecule has 7 rings (SSSR count). The van der Waals surface area contributed by atoms with E-state index in [0.717, 1.165) is 43.2 Å². The van der Waals surface area contributed by atoms with Crippen molar-refractivity contribution in [3.8, 4) is 0 Å². The first-order valence-electron chi connectivity index (χ1n) is 30.5. The Balaban J connectivity index is 0.791. The highest BCUT2D eigenvalue weighted by atomic mass is 16.5. The Morgan fingerprint density at radius 1 is 0.518 bits per heavy atom. The predicted octanol–water partition coefficient (Wildman–Crippen LogP) is 2.17. The summed E-state index contributed by atoms with van der Waals surface area (Å²) in [5, 5.41) is 36.5. The number of carbonyl (C=O) groups is 9. The fourth-order valence-electron chi connectivity index (χ4n) is 12.1. The van der Waals surface area contributed by atoms with Gasteiger partial charge in [-0.15, -0.1) is 0 Å². The van der Waals surface area contributed by atoms with Crippen LogP contribution in [0.4, 0.5) is 0 Å².